The van der Waals surface area contributed by atoms with Crippen molar-refractivity contribution in [3.63, 3.8) is 0 Å². The molecule has 0 aliphatic heterocycles. The number of rotatable bonds is 6. The highest BCUT2D eigenvalue weighted by Crippen LogP contribution is 2.43. The summed E-state index contributed by atoms with van der Waals surface area (Å²) in [5.41, 5.74) is 6.96. The Balaban J connectivity index is 1.37. The molecule has 2 aromatic heterocycles. The molecule has 5 aromatic rings. The molecule has 0 saturated heterocycles. The average molecular weight is 561 g/mol. The van der Waals surface area contributed by atoms with Gasteiger partial charge in [-0.2, -0.15) is 0 Å². The lowest BCUT2D eigenvalue weighted by atomic mass is 9.83. The lowest BCUT2D eigenvalue weighted by Crippen LogP contribution is -2.16. The van der Waals surface area contributed by atoms with Gasteiger partial charge in [0.2, 0.25) is 0 Å². The number of pyridine rings is 1. The van der Waals surface area contributed by atoms with Gasteiger partial charge < -0.3 is 10.1 Å². The summed E-state index contributed by atoms with van der Waals surface area (Å²) >= 11 is 1.49. The smallest absolute Gasteiger partial charge is 0.341 e. The number of hydrogen-bond donors (Lipinski definition) is 1. The van der Waals surface area contributed by atoms with E-state index in [4.69, 9.17) is 9.72 Å². The number of nitrogens with one attached hydrogen (secondary N) is 1. The SMILES string of the molecule is COC(=O)c1c(NC(=O)c2cc(-c3ccc(C(C)C)cc3)nc3ccccc23)sc2c1CCC(c1ccccc1)C2. The zero-order chi connectivity index (χ0) is 28.5. The van der Waals surface area contributed by atoms with E-state index in [1.165, 1.54) is 29.6 Å². The molecule has 1 aliphatic carbocycles. The maximum atomic E-state index is 13.9. The number of carbonyl (C=O) groups excluding carboxylic acids is 2. The van der Waals surface area contributed by atoms with Gasteiger partial charge in [0.1, 0.15) is 5.00 Å². The molecule has 5 nitrogen and oxygen atoms in total. The molecule has 3 aromatic carbocycles. The third-order valence-electron chi connectivity index (χ3n) is 7.99. The number of para-hydroxylation sites is 1. The summed E-state index contributed by atoms with van der Waals surface area (Å²) in [6.45, 7) is 4.33. The largest absolute Gasteiger partial charge is 0.465 e. The first-order valence-corrected chi connectivity index (χ1v) is 14.8. The van der Waals surface area contributed by atoms with Crippen LogP contribution in [0.15, 0.2) is 84.9 Å². The van der Waals surface area contributed by atoms with E-state index < -0.39 is 5.97 Å². The Hall–Kier alpha value is -4.29. The molecule has 0 spiro atoms. The average Bonchev–Trinajstić information content (AvgIpc) is 3.37. The number of anilines is 1. The van der Waals surface area contributed by atoms with Crippen LogP contribution in [0.25, 0.3) is 22.2 Å². The number of ether oxygens (including phenoxy) is 1. The van der Waals surface area contributed by atoms with Crippen molar-refractivity contribution in [2.45, 2.75) is 44.9 Å². The van der Waals surface area contributed by atoms with E-state index in [0.717, 1.165) is 51.9 Å². The number of aromatic nitrogens is 1. The van der Waals surface area contributed by atoms with Crippen LogP contribution >= 0.6 is 11.3 Å². The van der Waals surface area contributed by atoms with Gasteiger partial charge in [0.25, 0.3) is 5.91 Å². The second-order valence-corrected chi connectivity index (χ2v) is 12.0. The van der Waals surface area contributed by atoms with Gasteiger partial charge in [0, 0.05) is 15.8 Å². The number of carbonyl (C=O) groups is 2. The fraction of sp³-hybridized carbons (Fsp3) is 0.229. The minimum Gasteiger partial charge on any atom is -0.465 e. The van der Waals surface area contributed by atoms with Crippen molar-refractivity contribution in [3.05, 3.63) is 118 Å². The molecule has 1 unspecified atom stereocenters. The van der Waals surface area contributed by atoms with Crippen molar-refractivity contribution in [2.75, 3.05) is 12.4 Å². The minimum absolute atomic E-state index is 0.271. The Morgan fingerprint density at radius 2 is 1.71 bits per heavy atom. The maximum absolute atomic E-state index is 13.9. The second kappa shape index (κ2) is 11.3. The van der Waals surface area contributed by atoms with Crippen molar-refractivity contribution in [2.24, 2.45) is 0 Å². The number of methoxy groups -OCH3 is 1. The number of fused-ring (bicyclic) bond motifs is 2. The molecule has 2 heterocycles. The van der Waals surface area contributed by atoms with Crippen LogP contribution in [-0.2, 0) is 17.6 Å². The molecule has 1 aliphatic rings. The highest BCUT2D eigenvalue weighted by atomic mass is 32.1. The molecule has 0 saturated carbocycles. The first-order valence-electron chi connectivity index (χ1n) is 14.0. The highest BCUT2D eigenvalue weighted by molar-refractivity contribution is 7.17. The zero-order valence-corrected chi connectivity index (χ0v) is 24.3. The van der Waals surface area contributed by atoms with Crippen LogP contribution < -0.4 is 5.32 Å². The van der Waals surface area contributed by atoms with Crippen LogP contribution in [0.2, 0.25) is 0 Å². The van der Waals surface area contributed by atoms with Crippen LogP contribution in [-0.4, -0.2) is 24.0 Å². The highest BCUT2D eigenvalue weighted by Gasteiger charge is 2.31. The summed E-state index contributed by atoms with van der Waals surface area (Å²) in [6, 6.07) is 28.3. The molecule has 6 rings (SSSR count). The number of esters is 1. The topological polar surface area (TPSA) is 68.3 Å². The van der Waals surface area contributed by atoms with E-state index >= 15 is 0 Å². The zero-order valence-electron chi connectivity index (χ0n) is 23.4. The number of amides is 1. The van der Waals surface area contributed by atoms with Crippen LogP contribution in [0.3, 0.4) is 0 Å². The first kappa shape index (κ1) is 26.9. The monoisotopic (exact) mass is 560 g/mol. The molecular formula is C35H32N2O3S. The number of thiophene rings is 1. The van der Waals surface area contributed by atoms with Crippen LogP contribution in [0.1, 0.15) is 74.4 Å². The van der Waals surface area contributed by atoms with Gasteiger partial charge >= 0.3 is 5.97 Å². The lowest BCUT2D eigenvalue weighted by Gasteiger charge is -2.22. The Labute approximate surface area is 244 Å². The van der Waals surface area contributed by atoms with Crippen molar-refractivity contribution in [3.8, 4) is 11.3 Å². The molecule has 0 radical (unpaired) electrons. The van der Waals surface area contributed by atoms with Gasteiger partial charge in [-0.15, -0.1) is 11.3 Å². The van der Waals surface area contributed by atoms with Crippen molar-refractivity contribution < 1.29 is 14.3 Å². The Kier molecular flexibility index (Phi) is 7.41. The Morgan fingerprint density at radius 3 is 2.44 bits per heavy atom. The van der Waals surface area contributed by atoms with Gasteiger partial charge in [-0.3, -0.25) is 4.79 Å². The molecule has 6 heteroatoms. The summed E-state index contributed by atoms with van der Waals surface area (Å²) in [5.74, 6) is 0.122. The number of benzene rings is 3. The molecular weight excluding hydrogens is 528 g/mol. The molecule has 0 bridgehead atoms. The van der Waals surface area contributed by atoms with Gasteiger partial charge in [-0.25, -0.2) is 9.78 Å². The van der Waals surface area contributed by atoms with Crippen LogP contribution in [0.4, 0.5) is 5.00 Å². The molecule has 0 fully saturated rings. The van der Waals surface area contributed by atoms with Crippen molar-refractivity contribution >= 4 is 39.1 Å². The third kappa shape index (κ3) is 5.27. The summed E-state index contributed by atoms with van der Waals surface area (Å²) < 4.78 is 5.18. The quantitative estimate of drug-likeness (QED) is 0.212. The van der Waals surface area contributed by atoms with E-state index in [2.05, 4.69) is 67.7 Å². The minimum atomic E-state index is -0.415. The Morgan fingerprint density at radius 1 is 0.976 bits per heavy atom. The molecule has 1 N–H and O–H groups in total. The Bertz CT molecular complexity index is 1740. The van der Waals surface area contributed by atoms with E-state index in [1.807, 2.05) is 36.4 Å². The molecule has 206 valence electrons. The van der Waals surface area contributed by atoms with Crippen LogP contribution in [0.5, 0.6) is 0 Å². The predicted octanol–water partition coefficient (Wildman–Crippen LogP) is 8.40. The summed E-state index contributed by atoms with van der Waals surface area (Å²) in [4.78, 5) is 32.9. The van der Waals surface area contributed by atoms with E-state index in [1.54, 1.807) is 0 Å². The van der Waals surface area contributed by atoms with E-state index in [9.17, 15) is 9.59 Å². The van der Waals surface area contributed by atoms with Gasteiger partial charge in [0.05, 0.1) is 29.4 Å². The fourth-order valence-electron chi connectivity index (χ4n) is 5.72. The van der Waals surface area contributed by atoms with Crippen molar-refractivity contribution in [1.29, 1.82) is 0 Å². The van der Waals surface area contributed by atoms with Crippen LogP contribution in [0, 0.1) is 0 Å². The van der Waals surface area contributed by atoms with E-state index in [0.29, 0.717) is 28.0 Å². The van der Waals surface area contributed by atoms with Crippen molar-refractivity contribution in [1.82, 2.24) is 4.98 Å². The van der Waals surface area contributed by atoms with Gasteiger partial charge in [-0.05, 0) is 59.9 Å². The summed E-state index contributed by atoms with van der Waals surface area (Å²) in [5, 5.41) is 4.41. The lowest BCUT2D eigenvalue weighted by molar-refractivity contribution is 0.0601. The van der Waals surface area contributed by atoms with Gasteiger partial charge in [-0.1, -0.05) is 86.6 Å². The predicted molar refractivity (Wildman–Crippen MR) is 166 cm³/mol. The molecule has 1 amide bonds. The first-order chi connectivity index (χ1) is 19.9. The number of nitrogens with zero attached hydrogens (tertiary/aromatic N) is 1. The van der Waals surface area contributed by atoms with E-state index in [-0.39, 0.29) is 5.91 Å². The second-order valence-electron chi connectivity index (χ2n) is 10.9. The number of hydrogen-bond acceptors (Lipinski definition) is 5. The normalized spacial score (nSPS) is 14.6. The summed E-state index contributed by atoms with van der Waals surface area (Å²) in [6.07, 6.45) is 2.54. The van der Waals surface area contributed by atoms with Gasteiger partial charge in [0.15, 0.2) is 0 Å². The fourth-order valence-corrected chi connectivity index (χ4v) is 7.03. The standard InChI is InChI=1S/C35H32N2O3S/c1-21(2)22-13-15-24(16-14-22)30-20-28(26-11-7-8-12-29(26)36-30)33(38)37-34-32(35(39)40-3)27-18-17-25(19-31(27)41-34)23-9-5-4-6-10-23/h4-16,20-21,25H,17-19H2,1-3H3,(H,37,38). The molecule has 41 heavy (non-hydrogen) atoms. The maximum Gasteiger partial charge on any atom is 0.341 e. The third-order valence-corrected chi connectivity index (χ3v) is 9.16. The summed E-state index contributed by atoms with van der Waals surface area (Å²) in [7, 11) is 1.39. The molecule has 1 atom stereocenters.